The highest BCUT2D eigenvalue weighted by atomic mass is 32.2. The fraction of sp³-hybridized carbons (Fsp3) is 0.310. The van der Waals surface area contributed by atoms with Gasteiger partial charge in [0.15, 0.2) is 0 Å². The number of morpholine rings is 1. The Bertz CT molecular complexity index is 1250. The van der Waals surface area contributed by atoms with Gasteiger partial charge in [-0.25, -0.2) is 8.93 Å². The molecule has 3 aromatic rings. The van der Waals surface area contributed by atoms with E-state index in [-0.39, 0.29) is 11.8 Å². The van der Waals surface area contributed by atoms with Crippen LogP contribution in [0.2, 0.25) is 0 Å². The molecule has 9 heteroatoms. The number of amides is 1. The van der Waals surface area contributed by atoms with Crippen LogP contribution in [-0.2, 0) is 27.1 Å². The Kier molecular flexibility index (Phi) is 9.28. The van der Waals surface area contributed by atoms with Crippen LogP contribution in [0.15, 0.2) is 77.7 Å². The van der Waals surface area contributed by atoms with Gasteiger partial charge in [-0.1, -0.05) is 50.2 Å². The van der Waals surface area contributed by atoms with Crippen molar-refractivity contribution in [3.8, 4) is 16.9 Å². The Labute approximate surface area is 225 Å². The third kappa shape index (κ3) is 7.06. The average molecular weight is 537 g/mol. The molecule has 0 radical (unpaired) electrons. The van der Waals surface area contributed by atoms with Gasteiger partial charge in [-0.2, -0.15) is 0 Å². The van der Waals surface area contributed by atoms with Crippen LogP contribution < -0.4 is 9.46 Å². The second-order valence-electron chi connectivity index (χ2n) is 9.39. The van der Waals surface area contributed by atoms with Crippen LogP contribution in [-0.4, -0.2) is 58.4 Å². The van der Waals surface area contributed by atoms with Gasteiger partial charge in [-0.3, -0.25) is 9.59 Å². The number of carbonyl (C=O) groups excluding carboxylic acids is 1. The van der Waals surface area contributed by atoms with E-state index >= 15 is 0 Å². The summed E-state index contributed by atoms with van der Waals surface area (Å²) in [4.78, 5) is 26.3. The Hall–Kier alpha value is -3.53. The number of carboxylic acids is 1. The predicted octanol–water partition coefficient (Wildman–Crippen LogP) is 4.13. The molecular formula is C29H32N2O6S. The fourth-order valence-electron chi connectivity index (χ4n) is 4.03. The van der Waals surface area contributed by atoms with E-state index < -0.39 is 23.0 Å². The minimum Gasteiger partial charge on any atom is -0.489 e. The van der Waals surface area contributed by atoms with Gasteiger partial charge >= 0.3 is 5.97 Å². The largest absolute Gasteiger partial charge is 0.489 e. The van der Waals surface area contributed by atoms with Gasteiger partial charge in [-0.15, -0.1) is 0 Å². The number of nitrogens with zero attached hydrogens (tertiary/aromatic N) is 1. The molecule has 2 atom stereocenters. The number of ether oxygens (including phenoxy) is 2. The zero-order chi connectivity index (χ0) is 27.1. The zero-order valence-corrected chi connectivity index (χ0v) is 22.3. The monoisotopic (exact) mass is 536 g/mol. The molecule has 1 heterocycles. The van der Waals surface area contributed by atoms with Crippen molar-refractivity contribution in [1.82, 2.24) is 9.62 Å². The summed E-state index contributed by atoms with van der Waals surface area (Å²) in [6.45, 7) is 6.30. The molecule has 1 amide bonds. The van der Waals surface area contributed by atoms with Crippen molar-refractivity contribution < 1.29 is 28.4 Å². The summed E-state index contributed by atoms with van der Waals surface area (Å²) >= 11 is 0. The summed E-state index contributed by atoms with van der Waals surface area (Å²) in [5, 5.41) is 9.31. The molecule has 1 aliphatic rings. The van der Waals surface area contributed by atoms with Gasteiger partial charge < -0.3 is 19.5 Å². The molecule has 1 aliphatic heterocycles. The standard InChI is InChI=1S/C29H32N2O6S/c1-20(2)27(29(33)34)30-38(35)26-13-9-23(10-14-26)22-5-3-21(4-6-22)19-37-25-11-7-24(8-12-25)28(32)31-15-17-36-18-16-31/h3-14,20,27,30H,15-19H2,1-2H3,(H,33,34). The van der Waals surface area contributed by atoms with E-state index in [0.29, 0.717) is 49.1 Å². The lowest BCUT2D eigenvalue weighted by Crippen LogP contribution is -2.41. The lowest BCUT2D eigenvalue weighted by atomic mass is 10.0. The Morgan fingerprint density at radius 2 is 1.53 bits per heavy atom. The molecule has 38 heavy (non-hydrogen) atoms. The smallest absolute Gasteiger partial charge is 0.321 e. The van der Waals surface area contributed by atoms with Crippen molar-refractivity contribution >= 4 is 22.9 Å². The third-order valence-electron chi connectivity index (χ3n) is 6.33. The van der Waals surface area contributed by atoms with Crippen LogP contribution >= 0.6 is 0 Å². The number of carbonyl (C=O) groups is 2. The van der Waals surface area contributed by atoms with E-state index in [4.69, 9.17) is 9.47 Å². The molecule has 4 rings (SSSR count). The zero-order valence-electron chi connectivity index (χ0n) is 21.5. The van der Waals surface area contributed by atoms with E-state index in [9.17, 15) is 18.9 Å². The molecule has 0 bridgehead atoms. The van der Waals surface area contributed by atoms with Crippen molar-refractivity contribution in [2.24, 2.45) is 5.92 Å². The van der Waals surface area contributed by atoms with Crippen LogP contribution in [0.4, 0.5) is 0 Å². The van der Waals surface area contributed by atoms with Gasteiger partial charge in [0.1, 0.15) is 29.4 Å². The maximum atomic E-state index is 12.6. The van der Waals surface area contributed by atoms with E-state index in [1.807, 2.05) is 48.5 Å². The quantitative estimate of drug-likeness (QED) is 0.404. The molecule has 0 saturated carbocycles. The van der Waals surface area contributed by atoms with Crippen LogP contribution in [0.3, 0.4) is 0 Å². The third-order valence-corrected chi connectivity index (χ3v) is 7.50. The van der Waals surface area contributed by atoms with Crippen LogP contribution in [0.1, 0.15) is 29.8 Å². The molecule has 3 aromatic carbocycles. The summed E-state index contributed by atoms with van der Waals surface area (Å²) in [7, 11) is -1.62. The van der Waals surface area contributed by atoms with E-state index in [2.05, 4.69) is 4.72 Å². The van der Waals surface area contributed by atoms with Gasteiger partial charge in [0, 0.05) is 18.7 Å². The minimum atomic E-state index is -1.62. The summed E-state index contributed by atoms with van der Waals surface area (Å²) < 4.78 is 26.5. The lowest BCUT2D eigenvalue weighted by Gasteiger charge is -2.26. The molecule has 8 nitrogen and oxygen atoms in total. The number of nitrogens with one attached hydrogen (secondary N) is 1. The maximum absolute atomic E-state index is 12.6. The van der Waals surface area contributed by atoms with Crippen molar-refractivity contribution in [1.29, 1.82) is 0 Å². The highest BCUT2D eigenvalue weighted by Gasteiger charge is 2.23. The first-order valence-corrected chi connectivity index (χ1v) is 13.7. The van der Waals surface area contributed by atoms with Crippen molar-refractivity contribution in [3.63, 3.8) is 0 Å². The first-order chi connectivity index (χ1) is 18.3. The Morgan fingerprint density at radius 3 is 2.08 bits per heavy atom. The molecule has 2 unspecified atom stereocenters. The van der Waals surface area contributed by atoms with E-state index in [1.54, 1.807) is 43.0 Å². The SMILES string of the molecule is CC(C)C(NS(=O)c1ccc(-c2ccc(COc3ccc(C(=O)N4CCOCC4)cc3)cc2)cc1)C(=O)O. The molecule has 0 spiro atoms. The number of hydrogen-bond donors (Lipinski definition) is 2. The molecule has 200 valence electrons. The van der Waals surface area contributed by atoms with Gasteiger partial charge in [0.25, 0.3) is 5.91 Å². The fourth-order valence-corrected chi connectivity index (χ4v) is 5.15. The molecule has 2 N–H and O–H groups in total. The summed E-state index contributed by atoms with van der Waals surface area (Å²) in [6.07, 6.45) is 0. The topological polar surface area (TPSA) is 105 Å². The first-order valence-electron chi connectivity index (χ1n) is 12.5. The Balaban J connectivity index is 1.31. The van der Waals surface area contributed by atoms with E-state index in [1.165, 1.54) is 0 Å². The first kappa shape index (κ1) is 27.5. The number of carboxylic acid groups (broad SMARTS) is 1. The highest BCUT2D eigenvalue weighted by Crippen LogP contribution is 2.23. The number of rotatable bonds is 10. The number of aliphatic carboxylic acids is 1. The summed E-state index contributed by atoms with van der Waals surface area (Å²) in [6, 6.07) is 21.5. The number of benzene rings is 3. The Morgan fingerprint density at radius 1 is 0.947 bits per heavy atom. The van der Waals surface area contributed by atoms with Crippen molar-refractivity contribution in [2.75, 3.05) is 26.3 Å². The molecular weight excluding hydrogens is 504 g/mol. The van der Waals surface area contributed by atoms with Crippen LogP contribution in [0.25, 0.3) is 11.1 Å². The van der Waals surface area contributed by atoms with Gasteiger partial charge in [0.05, 0.1) is 18.1 Å². The predicted molar refractivity (Wildman–Crippen MR) is 145 cm³/mol. The highest BCUT2D eigenvalue weighted by molar-refractivity contribution is 7.83. The molecule has 0 aromatic heterocycles. The second kappa shape index (κ2) is 12.8. The van der Waals surface area contributed by atoms with E-state index in [0.717, 1.165) is 16.7 Å². The van der Waals surface area contributed by atoms with Crippen molar-refractivity contribution in [3.05, 3.63) is 83.9 Å². The second-order valence-corrected chi connectivity index (χ2v) is 10.6. The lowest BCUT2D eigenvalue weighted by molar-refractivity contribution is -0.140. The average Bonchev–Trinajstić information content (AvgIpc) is 2.95. The molecule has 0 aliphatic carbocycles. The van der Waals surface area contributed by atoms with Crippen LogP contribution in [0, 0.1) is 5.92 Å². The van der Waals surface area contributed by atoms with Gasteiger partial charge in [0.2, 0.25) is 0 Å². The van der Waals surface area contributed by atoms with Crippen molar-refractivity contribution in [2.45, 2.75) is 31.4 Å². The number of hydrogen-bond acceptors (Lipinski definition) is 5. The molecule has 1 saturated heterocycles. The maximum Gasteiger partial charge on any atom is 0.321 e. The van der Waals surface area contributed by atoms with Gasteiger partial charge in [-0.05, 0) is 59.0 Å². The summed E-state index contributed by atoms with van der Waals surface area (Å²) in [5.41, 5.74) is 3.58. The normalized spacial score (nSPS) is 15.2. The minimum absolute atomic E-state index is 0.00555. The van der Waals surface area contributed by atoms with Crippen LogP contribution in [0.5, 0.6) is 5.75 Å². The summed E-state index contributed by atoms with van der Waals surface area (Å²) in [5.74, 6) is -0.523. The molecule has 1 fully saturated rings.